The smallest absolute Gasteiger partial charge is 0.255 e. The van der Waals surface area contributed by atoms with E-state index < -0.39 is 0 Å². The van der Waals surface area contributed by atoms with E-state index in [2.05, 4.69) is 31.1 Å². The van der Waals surface area contributed by atoms with Gasteiger partial charge in [-0.1, -0.05) is 20.8 Å². The molecule has 0 aliphatic heterocycles. The van der Waals surface area contributed by atoms with E-state index in [9.17, 15) is 4.79 Å². The lowest BCUT2D eigenvalue weighted by atomic mass is 9.86. The molecular weight excluding hydrogens is 306 g/mol. The molecule has 2 aromatic rings. The first kappa shape index (κ1) is 17.8. The van der Waals surface area contributed by atoms with Crippen molar-refractivity contribution in [3.8, 4) is 11.5 Å². The highest BCUT2D eigenvalue weighted by Crippen LogP contribution is 2.26. The maximum Gasteiger partial charge on any atom is 0.255 e. The summed E-state index contributed by atoms with van der Waals surface area (Å²) in [5.41, 5.74) is 0.373. The standard InChI is InChI=1S/C18H25N3O3/c1-18(2,3)16(11-21-9-8-19-12-21)20-17(22)14-7-6-13(23-4)10-15(14)24-5/h6-10,12,16H,11H2,1-5H3,(H,20,22). The summed E-state index contributed by atoms with van der Waals surface area (Å²) in [7, 11) is 3.12. The highest BCUT2D eigenvalue weighted by Gasteiger charge is 2.28. The molecule has 0 bridgehead atoms. The molecule has 6 nitrogen and oxygen atoms in total. The van der Waals surface area contributed by atoms with Crippen molar-refractivity contribution >= 4 is 5.91 Å². The number of aromatic nitrogens is 2. The van der Waals surface area contributed by atoms with Gasteiger partial charge in [-0.15, -0.1) is 0 Å². The number of nitrogens with one attached hydrogen (secondary N) is 1. The molecule has 2 rings (SSSR count). The molecule has 1 amide bonds. The maximum atomic E-state index is 12.8. The van der Waals surface area contributed by atoms with E-state index in [1.54, 1.807) is 37.8 Å². The highest BCUT2D eigenvalue weighted by atomic mass is 16.5. The summed E-state index contributed by atoms with van der Waals surface area (Å²) in [6.07, 6.45) is 5.37. The molecule has 1 aromatic carbocycles. The van der Waals surface area contributed by atoms with Crippen molar-refractivity contribution in [2.24, 2.45) is 5.41 Å². The fourth-order valence-corrected chi connectivity index (χ4v) is 2.36. The lowest BCUT2D eigenvalue weighted by Crippen LogP contribution is -2.46. The first-order chi connectivity index (χ1) is 11.3. The van der Waals surface area contributed by atoms with E-state index in [1.807, 2.05) is 10.8 Å². The molecule has 0 saturated heterocycles. The van der Waals surface area contributed by atoms with Gasteiger partial charge in [0.1, 0.15) is 11.5 Å². The normalized spacial score (nSPS) is 12.5. The second-order valence-electron chi connectivity index (χ2n) is 6.72. The van der Waals surface area contributed by atoms with Crippen LogP contribution in [0.3, 0.4) is 0 Å². The Labute approximate surface area is 142 Å². The van der Waals surface area contributed by atoms with Crippen LogP contribution in [0.4, 0.5) is 0 Å². The van der Waals surface area contributed by atoms with Gasteiger partial charge in [-0.25, -0.2) is 4.98 Å². The van der Waals surface area contributed by atoms with Crippen LogP contribution in [-0.2, 0) is 6.54 Å². The van der Waals surface area contributed by atoms with Crippen LogP contribution >= 0.6 is 0 Å². The van der Waals surface area contributed by atoms with Gasteiger partial charge >= 0.3 is 0 Å². The molecule has 6 heteroatoms. The van der Waals surface area contributed by atoms with E-state index in [1.165, 1.54) is 7.11 Å². The zero-order chi connectivity index (χ0) is 17.7. The minimum atomic E-state index is -0.172. The molecule has 0 aliphatic rings. The lowest BCUT2D eigenvalue weighted by molar-refractivity contribution is 0.0889. The number of hydrogen-bond acceptors (Lipinski definition) is 4. The third-order valence-corrected chi connectivity index (χ3v) is 3.96. The van der Waals surface area contributed by atoms with Crippen LogP contribution in [0.5, 0.6) is 11.5 Å². The first-order valence-electron chi connectivity index (χ1n) is 7.83. The van der Waals surface area contributed by atoms with Crippen LogP contribution in [-0.4, -0.2) is 35.7 Å². The number of hydrogen-bond donors (Lipinski definition) is 1. The summed E-state index contributed by atoms with van der Waals surface area (Å²) in [6, 6.07) is 5.10. The molecule has 1 heterocycles. The van der Waals surface area contributed by atoms with Gasteiger partial charge in [0.15, 0.2) is 0 Å². The number of nitrogens with zero attached hydrogens (tertiary/aromatic N) is 2. The molecular formula is C18H25N3O3. The number of imidazole rings is 1. The van der Waals surface area contributed by atoms with Crippen molar-refractivity contribution < 1.29 is 14.3 Å². The third kappa shape index (κ3) is 4.28. The SMILES string of the molecule is COc1ccc(C(=O)NC(Cn2ccnc2)C(C)(C)C)c(OC)c1. The molecule has 1 unspecified atom stereocenters. The van der Waals surface area contributed by atoms with Gasteiger partial charge in [0, 0.05) is 25.0 Å². The van der Waals surface area contributed by atoms with Crippen LogP contribution in [0, 0.1) is 5.41 Å². The Morgan fingerprint density at radius 2 is 2.04 bits per heavy atom. The quantitative estimate of drug-likeness (QED) is 0.884. The van der Waals surface area contributed by atoms with Crippen molar-refractivity contribution in [1.29, 1.82) is 0 Å². The fraction of sp³-hybridized carbons (Fsp3) is 0.444. The van der Waals surface area contributed by atoms with Crippen molar-refractivity contribution in [3.63, 3.8) is 0 Å². The minimum absolute atomic E-state index is 0.0639. The van der Waals surface area contributed by atoms with E-state index in [4.69, 9.17) is 9.47 Å². The van der Waals surface area contributed by atoms with Crippen LogP contribution in [0.15, 0.2) is 36.9 Å². The van der Waals surface area contributed by atoms with E-state index in [0.717, 1.165) is 0 Å². The summed E-state index contributed by atoms with van der Waals surface area (Å²) in [5.74, 6) is 0.964. The third-order valence-electron chi connectivity index (χ3n) is 3.96. The summed E-state index contributed by atoms with van der Waals surface area (Å²) in [6.45, 7) is 6.94. The number of ether oxygens (including phenoxy) is 2. The molecule has 24 heavy (non-hydrogen) atoms. The van der Waals surface area contributed by atoms with Crippen molar-refractivity contribution in [1.82, 2.24) is 14.9 Å². The molecule has 130 valence electrons. The van der Waals surface area contributed by atoms with Crippen molar-refractivity contribution in [3.05, 3.63) is 42.5 Å². The summed E-state index contributed by atoms with van der Waals surface area (Å²) in [4.78, 5) is 16.8. The predicted molar refractivity (Wildman–Crippen MR) is 92.5 cm³/mol. The van der Waals surface area contributed by atoms with Crippen LogP contribution in [0.2, 0.25) is 0 Å². The van der Waals surface area contributed by atoms with Gasteiger partial charge in [-0.3, -0.25) is 4.79 Å². The monoisotopic (exact) mass is 331 g/mol. The number of carbonyl (C=O) groups is 1. The Bertz CT molecular complexity index is 675. The molecule has 0 aliphatic carbocycles. The Balaban J connectivity index is 2.21. The molecule has 0 fully saturated rings. The second kappa shape index (κ2) is 7.38. The summed E-state index contributed by atoms with van der Waals surface area (Å²) in [5, 5.41) is 3.12. The van der Waals surface area contributed by atoms with Crippen LogP contribution in [0.25, 0.3) is 0 Å². The van der Waals surface area contributed by atoms with E-state index in [0.29, 0.717) is 23.6 Å². The Kier molecular flexibility index (Phi) is 5.49. The van der Waals surface area contributed by atoms with Crippen LogP contribution < -0.4 is 14.8 Å². The fourth-order valence-electron chi connectivity index (χ4n) is 2.36. The summed E-state index contributed by atoms with van der Waals surface area (Å²) >= 11 is 0. The number of benzene rings is 1. The van der Waals surface area contributed by atoms with Gasteiger partial charge in [0.05, 0.1) is 32.2 Å². The van der Waals surface area contributed by atoms with Gasteiger partial charge in [-0.05, 0) is 17.5 Å². The average Bonchev–Trinajstić information content (AvgIpc) is 3.05. The van der Waals surface area contributed by atoms with Gasteiger partial charge in [0.2, 0.25) is 0 Å². The first-order valence-corrected chi connectivity index (χ1v) is 7.83. The lowest BCUT2D eigenvalue weighted by Gasteiger charge is -2.32. The largest absolute Gasteiger partial charge is 0.497 e. The van der Waals surface area contributed by atoms with Crippen LogP contribution in [0.1, 0.15) is 31.1 Å². The number of amides is 1. The average molecular weight is 331 g/mol. The highest BCUT2D eigenvalue weighted by molar-refractivity contribution is 5.97. The zero-order valence-electron chi connectivity index (χ0n) is 14.9. The topological polar surface area (TPSA) is 65.4 Å². The van der Waals surface area contributed by atoms with Gasteiger partial charge in [-0.2, -0.15) is 0 Å². The Morgan fingerprint density at radius 1 is 1.29 bits per heavy atom. The van der Waals surface area contributed by atoms with Crippen molar-refractivity contribution in [2.45, 2.75) is 33.4 Å². The molecule has 1 aromatic heterocycles. The van der Waals surface area contributed by atoms with Gasteiger partial charge in [0.25, 0.3) is 5.91 Å². The second-order valence-corrected chi connectivity index (χ2v) is 6.72. The minimum Gasteiger partial charge on any atom is -0.497 e. The molecule has 1 atom stereocenters. The Hall–Kier alpha value is -2.50. The number of carbonyl (C=O) groups excluding carboxylic acids is 1. The molecule has 1 N–H and O–H groups in total. The molecule has 0 radical (unpaired) electrons. The molecule has 0 spiro atoms. The van der Waals surface area contributed by atoms with Gasteiger partial charge < -0.3 is 19.4 Å². The summed E-state index contributed by atoms with van der Waals surface area (Å²) < 4.78 is 12.5. The zero-order valence-corrected chi connectivity index (χ0v) is 14.9. The maximum absolute atomic E-state index is 12.8. The number of rotatable bonds is 6. The van der Waals surface area contributed by atoms with Crippen molar-refractivity contribution in [2.75, 3.05) is 14.2 Å². The predicted octanol–water partition coefficient (Wildman–Crippen LogP) is 2.75. The Morgan fingerprint density at radius 3 is 2.58 bits per heavy atom. The molecule has 0 saturated carbocycles. The van der Waals surface area contributed by atoms with E-state index >= 15 is 0 Å². The van der Waals surface area contributed by atoms with E-state index in [-0.39, 0.29) is 17.4 Å². The number of methoxy groups -OCH3 is 2.